The predicted molar refractivity (Wildman–Crippen MR) is 89.2 cm³/mol. The van der Waals surface area contributed by atoms with E-state index in [1.54, 1.807) is 0 Å². The summed E-state index contributed by atoms with van der Waals surface area (Å²) in [5.41, 5.74) is 1.68. The molecule has 1 heterocycles. The van der Waals surface area contributed by atoms with Crippen molar-refractivity contribution in [2.24, 2.45) is 0 Å². The van der Waals surface area contributed by atoms with Crippen molar-refractivity contribution in [1.82, 2.24) is 10.2 Å². The van der Waals surface area contributed by atoms with Crippen molar-refractivity contribution in [2.45, 2.75) is 26.0 Å². The Kier molecular flexibility index (Phi) is 5.49. The molecule has 1 aromatic rings. The molecule has 0 radical (unpaired) electrons. The number of nitrogens with one attached hydrogen (secondary N) is 1. The minimum absolute atomic E-state index is 0.630. The van der Waals surface area contributed by atoms with Gasteiger partial charge >= 0.3 is 0 Å². The number of hydrogen-bond acceptors (Lipinski definition) is 4. The van der Waals surface area contributed by atoms with E-state index in [1.807, 2.05) is 27.0 Å². The molecular weight excluding hydrogens is 286 g/mol. The van der Waals surface area contributed by atoms with E-state index in [0.717, 1.165) is 50.0 Å². The second-order valence-electron chi connectivity index (χ2n) is 6.39. The Morgan fingerprint density at radius 3 is 2.43 bits per heavy atom. The third kappa shape index (κ3) is 4.85. The molecule has 1 fully saturated rings. The van der Waals surface area contributed by atoms with Crippen LogP contribution in [-0.2, 0) is 6.54 Å². The van der Waals surface area contributed by atoms with Gasteiger partial charge < -0.3 is 15.3 Å². The van der Waals surface area contributed by atoms with Crippen LogP contribution in [0.1, 0.15) is 19.4 Å². The smallest absolute Gasteiger partial charge is 0.0718 e. The van der Waals surface area contributed by atoms with E-state index in [4.69, 9.17) is 11.6 Å². The van der Waals surface area contributed by atoms with E-state index in [1.165, 1.54) is 5.56 Å². The van der Waals surface area contributed by atoms with E-state index >= 15 is 0 Å². The largest absolute Gasteiger partial charge is 0.389 e. The molecule has 0 amide bonds. The summed E-state index contributed by atoms with van der Waals surface area (Å²) in [6.07, 6.45) is 0. The molecule has 0 aromatic heterocycles. The molecule has 0 saturated carbocycles. The molecule has 0 unspecified atom stereocenters. The van der Waals surface area contributed by atoms with E-state index in [9.17, 15) is 5.11 Å². The highest BCUT2D eigenvalue weighted by Crippen LogP contribution is 2.28. The van der Waals surface area contributed by atoms with E-state index in [-0.39, 0.29) is 0 Å². The number of halogens is 1. The zero-order valence-electron chi connectivity index (χ0n) is 13.2. The third-order valence-electron chi connectivity index (χ3n) is 3.72. The van der Waals surface area contributed by atoms with Gasteiger partial charge in [-0.05, 0) is 38.6 Å². The van der Waals surface area contributed by atoms with E-state index in [2.05, 4.69) is 27.2 Å². The first-order valence-corrected chi connectivity index (χ1v) is 7.89. The fourth-order valence-electron chi connectivity index (χ4n) is 2.82. The van der Waals surface area contributed by atoms with Crippen LogP contribution in [0, 0.1) is 0 Å². The lowest BCUT2D eigenvalue weighted by atomic mass is 10.1. The van der Waals surface area contributed by atoms with Crippen molar-refractivity contribution in [3.8, 4) is 0 Å². The molecule has 0 aliphatic carbocycles. The summed E-state index contributed by atoms with van der Waals surface area (Å²) in [4.78, 5) is 4.63. The number of nitrogens with zero attached hydrogens (tertiary/aromatic N) is 2. The molecule has 4 nitrogen and oxygen atoms in total. The van der Waals surface area contributed by atoms with Crippen molar-refractivity contribution in [3.63, 3.8) is 0 Å². The summed E-state index contributed by atoms with van der Waals surface area (Å²) in [6.45, 7) is 9.07. The molecule has 21 heavy (non-hydrogen) atoms. The Morgan fingerprint density at radius 2 is 1.90 bits per heavy atom. The van der Waals surface area contributed by atoms with Gasteiger partial charge in [0.1, 0.15) is 0 Å². The minimum Gasteiger partial charge on any atom is -0.389 e. The highest BCUT2D eigenvalue weighted by Gasteiger charge is 2.23. The molecule has 1 saturated heterocycles. The van der Waals surface area contributed by atoms with Crippen LogP contribution < -0.4 is 10.2 Å². The number of β-amino-alcohol motifs (C(OH)–C–C–N with tert-alkyl or cyclic N) is 1. The normalized spacial score (nSPS) is 17.3. The van der Waals surface area contributed by atoms with Gasteiger partial charge in [0.15, 0.2) is 0 Å². The third-order valence-corrected chi connectivity index (χ3v) is 4.02. The van der Waals surface area contributed by atoms with Gasteiger partial charge in [-0.1, -0.05) is 17.7 Å². The molecule has 1 aliphatic rings. The first-order chi connectivity index (χ1) is 9.89. The lowest BCUT2D eigenvalue weighted by Gasteiger charge is -2.38. The van der Waals surface area contributed by atoms with Gasteiger partial charge in [0.2, 0.25) is 0 Å². The molecule has 0 atom stereocenters. The summed E-state index contributed by atoms with van der Waals surface area (Å²) in [7, 11) is 1.93. The summed E-state index contributed by atoms with van der Waals surface area (Å²) in [5, 5.41) is 13.8. The maximum atomic E-state index is 9.90. The fraction of sp³-hybridized carbons (Fsp3) is 0.625. The molecule has 5 heteroatoms. The number of anilines is 1. The van der Waals surface area contributed by atoms with Crippen LogP contribution in [0.2, 0.25) is 5.02 Å². The van der Waals surface area contributed by atoms with Gasteiger partial charge in [0, 0.05) is 39.3 Å². The van der Waals surface area contributed by atoms with Crippen LogP contribution in [0.3, 0.4) is 0 Å². The maximum absolute atomic E-state index is 9.90. The Balaban J connectivity index is 1.96. The Hall–Kier alpha value is -0.810. The Bertz CT molecular complexity index is 465. The van der Waals surface area contributed by atoms with Crippen molar-refractivity contribution >= 4 is 17.3 Å². The van der Waals surface area contributed by atoms with Crippen molar-refractivity contribution in [1.29, 1.82) is 0 Å². The molecule has 0 bridgehead atoms. The molecule has 118 valence electrons. The van der Waals surface area contributed by atoms with Gasteiger partial charge in [-0.2, -0.15) is 0 Å². The molecular formula is C16H26ClN3O. The van der Waals surface area contributed by atoms with Gasteiger partial charge in [0.25, 0.3) is 0 Å². The summed E-state index contributed by atoms with van der Waals surface area (Å²) in [6, 6.07) is 6.28. The van der Waals surface area contributed by atoms with Crippen molar-refractivity contribution in [3.05, 3.63) is 28.8 Å². The monoisotopic (exact) mass is 311 g/mol. The van der Waals surface area contributed by atoms with Gasteiger partial charge in [-0.15, -0.1) is 0 Å². The summed E-state index contributed by atoms with van der Waals surface area (Å²) >= 11 is 6.42. The zero-order chi connectivity index (χ0) is 15.5. The van der Waals surface area contributed by atoms with E-state index in [0.29, 0.717) is 0 Å². The van der Waals surface area contributed by atoms with Gasteiger partial charge in [0.05, 0.1) is 16.3 Å². The molecule has 1 aromatic carbocycles. The quantitative estimate of drug-likeness (QED) is 0.872. The maximum Gasteiger partial charge on any atom is 0.0718 e. The van der Waals surface area contributed by atoms with E-state index < -0.39 is 5.60 Å². The lowest BCUT2D eigenvalue weighted by Crippen LogP contribution is -2.50. The van der Waals surface area contributed by atoms with Crippen LogP contribution in [0.15, 0.2) is 18.2 Å². The number of aliphatic hydroxyl groups is 1. The molecule has 0 spiro atoms. The molecule has 1 aliphatic heterocycles. The first kappa shape index (κ1) is 16.6. The Morgan fingerprint density at radius 1 is 1.24 bits per heavy atom. The average molecular weight is 312 g/mol. The van der Waals surface area contributed by atoms with Crippen LogP contribution in [0.25, 0.3) is 0 Å². The SMILES string of the molecule is CNCc1ccc(N2CCN(CC(C)(C)O)CC2)c(Cl)c1. The molecule has 2 rings (SSSR count). The second-order valence-corrected chi connectivity index (χ2v) is 6.80. The number of hydrogen-bond donors (Lipinski definition) is 2. The van der Waals surface area contributed by atoms with Crippen LogP contribution in [-0.4, -0.2) is 55.4 Å². The fourth-order valence-corrected chi connectivity index (χ4v) is 3.14. The zero-order valence-corrected chi connectivity index (χ0v) is 14.0. The highest BCUT2D eigenvalue weighted by atomic mass is 35.5. The summed E-state index contributed by atoms with van der Waals surface area (Å²) < 4.78 is 0. The van der Waals surface area contributed by atoms with Crippen LogP contribution in [0.4, 0.5) is 5.69 Å². The van der Waals surface area contributed by atoms with Gasteiger partial charge in [-0.3, -0.25) is 4.90 Å². The lowest BCUT2D eigenvalue weighted by molar-refractivity contribution is 0.0345. The number of rotatable bonds is 5. The standard InChI is InChI=1S/C16H26ClN3O/c1-16(2,21)12-19-6-8-20(9-7-19)15-5-4-13(11-18-3)10-14(15)17/h4-5,10,18,21H,6-9,11-12H2,1-3H3. The molecule has 2 N–H and O–H groups in total. The van der Waals surface area contributed by atoms with Crippen LogP contribution >= 0.6 is 11.6 Å². The van der Waals surface area contributed by atoms with Gasteiger partial charge in [-0.25, -0.2) is 0 Å². The van der Waals surface area contributed by atoms with Crippen molar-refractivity contribution in [2.75, 3.05) is 44.7 Å². The van der Waals surface area contributed by atoms with Crippen molar-refractivity contribution < 1.29 is 5.11 Å². The highest BCUT2D eigenvalue weighted by molar-refractivity contribution is 6.33. The topological polar surface area (TPSA) is 38.7 Å². The van der Waals surface area contributed by atoms with Crippen LogP contribution in [0.5, 0.6) is 0 Å². The predicted octanol–water partition coefficient (Wildman–Crippen LogP) is 1.95. The minimum atomic E-state index is -0.630. The number of piperazine rings is 1. The average Bonchev–Trinajstić information content (AvgIpc) is 2.39. The first-order valence-electron chi connectivity index (χ1n) is 7.52. The summed E-state index contributed by atoms with van der Waals surface area (Å²) in [5.74, 6) is 0. The Labute approximate surface area is 132 Å². The second kappa shape index (κ2) is 6.97. The number of benzene rings is 1.